The maximum atomic E-state index is 9.70. The van der Waals surface area contributed by atoms with E-state index in [9.17, 15) is 4.79 Å². The summed E-state index contributed by atoms with van der Waals surface area (Å²) in [4.78, 5) is 9.70. The van der Waals surface area contributed by atoms with Crippen LogP contribution < -0.4 is 0 Å². The summed E-state index contributed by atoms with van der Waals surface area (Å²) < 4.78 is 0. The number of aliphatic carboxylic acids is 1. The molecule has 0 heterocycles. The first-order valence-electron chi connectivity index (χ1n) is 1.92. The quantitative estimate of drug-likeness (QED) is 0.483. The minimum Gasteiger partial charge on any atom is -0.481 e. The predicted molar refractivity (Wildman–Crippen MR) is 28.9 cm³/mol. The molecule has 2 heteroatoms. The minimum atomic E-state index is -0.951. The number of rotatable bonds is 1. The van der Waals surface area contributed by atoms with Crippen molar-refractivity contribution in [1.82, 2.24) is 0 Å². The van der Waals surface area contributed by atoms with Crippen molar-refractivity contribution in [3.05, 3.63) is 0 Å². The second-order valence-corrected chi connectivity index (χ2v) is 1.02. The third-order valence-electron chi connectivity index (χ3n) is 0.400. The third-order valence-corrected chi connectivity index (χ3v) is 0.400. The average molecular weight is 108 g/mol. The van der Waals surface area contributed by atoms with E-state index in [4.69, 9.17) is 11.5 Å². The van der Waals surface area contributed by atoms with Gasteiger partial charge in [0.15, 0.2) is 0 Å². The highest BCUT2D eigenvalue weighted by Gasteiger charge is 1.86. The van der Waals surface area contributed by atoms with Crippen LogP contribution in [0.25, 0.3) is 0 Å². The van der Waals surface area contributed by atoms with Gasteiger partial charge >= 0.3 is 5.97 Å². The van der Waals surface area contributed by atoms with Gasteiger partial charge in [-0.15, -0.1) is 6.42 Å². The summed E-state index contributed by atoms with van der Waals surface area (Å²) in [5.41, 5.74) is 0. The lowest BCUT2D eigenvalue weighted by Gasteiger charge is -1.73. The first kappa shape index (κ1) is 6.59. The summed E-state index contributed by atoms with van der Waals surface area (Å²) >= 11 is 0. The fraction of sp³-hybridized carbons (Fsp3) is 0.167. The normalized spacial score (nSPS) is 5.88. The van der Waals surface area contributed by atoms with Gasteiger partial charge in [0.2, 0.25) is 0 Å². The third kappa shape index (κ3) is 4.59. The van der Waals surface area contributed by atoms with Crippen LogP contribution in [0, 0.1) is 24.2 Å². The van der Waals surface area contributed by atoms with E-state index in [0.29, 0.717) is 0 Å². The van der Waals surface area contributed by atoms with Gasteiger partial charge in [-0.25, -0.2) is 0 Å². The average Bonchev–Trinajstić information content (AvgIpc) is 1.66. The summed E-state index contributed by atoms with van der Waals surface area (Å²) in [7, 11) is 0. The van der Waals surface area contributed by atoms with Crippen molar-refractivity contribution in [2.45, 2.75) is 6.42 Å². The van der Waals surface area contributed by atoms with Crippen molar-refractivity contribution in [3.63, 3.8) is 0 Å². The molecule has 0 amide bonds. The zero-order chi connectivity index (χ0) is 6.41. The van der Waals surface area contributed by atoms with E-state index in [2.05, 4.69) is 11.8 Å². The van der Waals surface area contributed by atoms with Crippen LogP contribution in [-0.4, -0.2) is 11.1 Å². The summed E-state index contributed by atoms with van der Waals surface area (Å²) in [6.45, 7) is 0. The maximum Gasteiger partial charge on any atom is 0.315 e. The molecule has 2 nitrogen and oxygen atoms in total. The van der Waals surface area contributed by atoms with E-state index in [0.717, 1.165) is 0 Å². The van der Waals surface area contributed by atoms with Crippen molar-refractivity contribution < 1.29 is 9.90 Å². The van der Waals surface area contributed by atoms with Crippen LogP contribution in [0.2, 0.25) is 0 Å². The standard InChI is InChI=1S/C6H4O2/c1-2-3-4-5-6(7)8/h1H,5H2,(H,7,8). The molecule has 0 aromatic carbocycles. The molecule has 0 radical (unpaired) electrons. The van der Waals surface area contributed by atoms with Gasteiger partial charge in [0.05, 0.1) is 0 Å². The van der Waals surface area contributed by atoms with E-state index in [1.54, 1.807) is 0 Å². The van der Waals surface area contributed by atoms with E-state index >= 15 is 0 Å². The Morgan fingerprint density at radius 1 is 1.75 bits per heavy atom. The molecular weight excluding hydrogens is 104 g/mol. The van der Waals surface area contributed by atoms with Crippen molar-refractivity contribution in [1.29, 1.82) is 0 Å². The maximum absolute atomic E-state index is 9.70. The van der Waals surface area contributed by atoms with E-state index in [1.807, 2.05) is 5.92 Å². The van der Waals surface area contributed by atoms with Crippen molar-refractivity contribution >= 4 is 5.97 Å². The fourth-order valence-electron chi connectivity index (χ4n) is 0.171. The second-order valence-electron chi connectivity index (χ2n) is 1.02. The first-order chi connectivity index (χ1) is 3.77. The number of hydrogen-bond acceptors (Lipinski definition) is 1. The Kier molecular flexibility index (Phi) is 3.10. The van der Waals surface area contributed by atoms with E-state index < -0.39 is 5.97 Å². The summed E-state index contributed by atoms with van der Waals surface area (Å²) in [6, 6.07) is 0. The molecule has 0 fully saturated rings. The van der Waals surface area contributed by atoms with Gasteiger partial charge in [-0.2, -0.15) is 0 Å². The molecule has 0 spiro atoms. The molecule has 0 aromatic heterocycles. The first-order valence-corrected chi connectivity index (χ1v) is 1.92. The second kappa shape index (κ2) is 3.77. The Hall–Kier alpha value is -1.41. The lowest BCUT2D eigenvalue weighted by molar-refractivity contribution is -0.135. The van der Waals surface area contributed by atoms with Gasteiger partial charge in [-0.3, -0.25) is 4.79 Å². The Morgan fingerprint density at radius 3 is 2.75 bits per heavy atom. The van der Waals surface area contributed by atoms with Gasteiger partial charge in [-0.05, 0) is 11.8 Å². The molecule has 0 aromatic rings. The number of terminal acetylenes is 1. The smallest absolute Gasteiger partial charge is 0.315 e. The van der Waals surface area contributed by atoms with Gasteiger partial charge in [0, 0.05) is 0 Å². The highest BCUT2D eigenvalue weighted by Crippen LogP contribution is 1.70. The Labute approximate surface area is 47.5 Å². The van der Waals surface area contributed by atoms with Crippen LogP contribution in [0.3, 0.4) is 0 Å². The highest BCUT2D eigenvalue weighted by atomic mass is 16.4. The zero-order valence-corrected chi connectivity index (χ0v) is 4.14. The van der Waals surface area contributed by atoms with Crippen LogP contribution in [-0.2, 0) is 4.79 Å². The molecule has 40 valence electrons. The van der Waals surface area contributed by atoms with Crippen LogP contribution >= 0.6 is 0 Å². The Bertz CT molecular complexity index is 175. The van der Waals surface area contributed by atoms with Gasteiger partial charge in [0.25, 0.3) is 0 Å². The van der Waals surface area contributed by atoms with Gasteiger partial charge in [0.1, 0.15) is 6.42 Å². The van der Waals surface area contributed by atoms with Crippen LogP contribution in [0.1, 0.15) is 6.42 Å². The summed E-state index contributed by atoms with van der Waals surface area (Å²) in [6.07, 6.45) is 4.52. The summed E-state index contributed by atoms with van der Waals surface area (Å²) in [5.74, 6) is 5.47. The topological polar surface area (TPSA) is 37.3 Å². The van der Waals surface area contributed by atoms with Gasteiger partial charge in [-0.1, -0.05) is 5.92 Å². The highest BCUT2D eigenvalue weighted by molar-refractivity contribution is 5.70. The molecule has 0 bridgehead atoms. The Morgan fingerprint density at radius 2 is 2.38 bits per heavy atom. The molecular formula is C6H4O2. The molecule has 8 heavy (non-hydrogen) atoms. The number of carboxylic acids is 1. The summed E-state index contributed by atoms with van der Waals surface area (Å²) in [5, 5.41) is 7.97. The lowest BCUT2D eigenvalue weighted by atomic mass is 10.4. The van der Waals surface area contributed by atoms with Crippen molar-refractivity contribution in [2.24, 2.45) is 0 Å². The monoisotopic (exact) mass is 108 g/mol. The molecule has 0 aliphatic carbocycles. The lowest BCUT2D eigenvalue weighted by Crippen LogP contribution is -1.89. The van der Waals surface area contributed by atoms with Gasteiger partial charge < -0.3 is 5.11 Å². The number of carboxylic acid groups (broad SMARTS) is 1. The van der Waals surface area contributed by atoms with Crippen LogP contribution in [0.5, 0.6) is 0 Å². The molecule has 0 atom stereocenters. The number of hydrogen-bond donors (Lipinski definition) is 1. The fourth-order valence-corrected chi connectivity index (χ4v) is 0.171. The molecule has 0 saturated carbocycles. The Balaban J connectivity index is 3.48. The van der Waals surface area contributed by atoms with Crippen molar-refractivity contribution in [3.8, 4) is 24.2 Å². The predicted octanol–water partition coefficient (Wildman–Crippen LogP) is 0.0977. The molecule has 0 saturated heterocycles. The van der Waals surface area contributed by atoms with Crippen LogP contribution in [0.4, 0.5) is 0 Å². The molecule has 0 aliphatic rings. The van der Waals surface area contributed by atoms with E-state index in [-0.39, 0.29) is 6.42 Å². The molecule has 0 rings (SSSR count). The minimum absolute atomic E-state index is 0.176. The molecule has 1 N–H and O–H groups in total. The zero-order valence-electron chi connectivity index (χ0n) is 4.14. The number of carbonyl (C=O) groups is 1. The molecule has 0 unspecified atom stereocenters. The SMILES string of the molecule is C#CC#CCC(=O)O. The molecule has 0 aliphatic heterocycles. The van der Waals surface area contributed by atoms with Crippen LogP contribution in [0.15, 0.2) is 0 Å². The van der Waals surface area contributed by atoms with E-state index in [1.165, 1.54) is 0 Å². The van der Waals surface area contributed by atoms with Crippen molar-refractivity contribution in [2.75, 3.05) is 0 Å². The largest absolute Gasteiger partial charge is 0.481 e.